The van der Waals surface area contributed by atoms with E-state index in [-0.39, 0.29) is 5.82 Å². The van der Waals surface area contributed by atoms with Gasteiger partial charge in [-0.1, -0.05) is 29.8 Å². The molecular formula is C16H15ClFNO. The SMILES string of the molecule is NC1(Cc2cc(F)ccc2Cl)COc2ccccc2C1. The van der Waals surface area contributed by atoms with Crippen LogP contribution in [0.25, 0.3) is 0 Å². The van der Waals surface area contributed by atoms with Gasteiger partial charge in [0, 0.05) is 5.02 Å². The molecule has 0 amide bonds. The van der Waals surface area contributed by atoms with Crippen LogP contribution in [0.15, 0.2) is 42.5 Å². The fourth-order valence-electron chi connectivity index (χ4n) is 2.61. The van der Waals surface area contributed by atoms with Gasteiger partial charge in [0.15, 0.2) is 0 Å². The maximum atomic E-state index is 13.3. The summed E-state index contributed by atoms with van der Waals surface area (Å²) in [5, 5.41) is 0.537. The van der Waals surface area contributed by atoms with Crippen molar-refractivity contribution in [3.63, 3.8) is 0 Å². The van der Waals surface area contributed by atoms with E-state index >= 15 is 0 Å². The lowest BCUT2D eigenvalue weighted by Gasteiger charge is -2.35. The molecule has 1 heterocycles. The standard InChI is InChI=1S/C16H15ClFNO/c17-14-6-5-13(18)7-12(14)9-16(19)8-11-3-1-2-4-15(11)20-10-16/h1-7H,8-10,19H2. The van der Waals surface area contributed by atoms with Gasteiger partial charge in [-0.2, -0.15) is 0 Å². The zero-order valence-electron chi connectivity index (χ0n) is 10.9. The summed E-state index contributed by atoms with van der Waals surface area (Å²) in [6.45, 7) is 0.400. The number of halogens is 2. The van der Waals surface area contributed by atoms with E-state index in [1.165, 1.54) is 12.1 Å². The summed E-state index contributed by atoms with van der Waals surface area (Å²) in [5.41, 5.74) is 7.65. The van der Waals surface area contributed by atoms with Gasteiger partial charge in [0.25, 0.3) is 0 Å². The molecule has 0 fully saturated rings. The van der Waals surface area contributed by atoms with E-state index in [0.717, 1.165) is 16.9 Å². The molecule has 1 aliphatic rings. The molecule has 2 nitrogen and oxygen atoms in total. The van der Waals surface area contributed by atoms with Crippen LogP contribution in [0, 0.1) is 5.82 Å². The number of fused-ring (bicyclic) bond motifs is 1. The van der Waals surface area contributed by atoms with Gasteiger partial charge in [0.1, 0.15) is 18.2 Å². The fourth-order valence-corrected chi connectivity index (χ4v) is 2.80. The Labute approximate surface area is 122 Å². The number of para-hydroxylation sites is 1. The van der Waals surface area contributed by atoms with Gasteiger partial charge in [0.2, 0.25) is 0 Å². The van der Waals surface area contributed by atoms with Gasteiger partial charge in [0.05, 0.1) is 5.54 Å². The second-order valence-electron chi connectivity index (χ2n) is 5.35. The highest BCUT2D eigenvalue weighted by atomic mass is 35.5. The Kier molecular flexibility index (Phi) is 3.40. The molecule has 2 N–H and O–H groups in total. The molecule has 104 valence electrons. The van der Waals surface area contributed by atoms with Crippen molar-refractivity contribution in [2.75, 3.05) is 6.61 Å². The molecule has 3 rings (SSSR count). The molecule has 1 atom stereocenters. The Morgan fingerprint density at radius 2 is 2.05 bits per heavy atom. The molecular weight excluding hydrogens is 277 g/mol. The average molecular weight is 292 g/mol. The minimum atomic E-state index is -0.564. The summed E-state index contributed by atoms with van der Waals surface area (Å²) < 4.78 is 19.1. The third-order valence-electron chi connectivity index (χ3n) is 3.58. The Morgan fingerprint density at radius 1 is 1.25 bits per heavy atom. The Hall–Kier alpha value is -1.58. The molecule has 0 aromatic heterocycles. The highest BCUT2D eigenvalue weighted by molar-refractivity contribution is 6.31. The van der Waals surface area contributed by atoms with Crippen LogP contribution in [0.1, 0.15) is 11.1 Å². The monoisotopic (exact) mass is 291 g/mol. The van der Waals surface area contributed by atoms with Gasteiger partial charge in [-0.05, 0) is 48.2 Å². The number of hydrogen-bond donors (Lipinski definition) is 1. The van der Waals surface area contributed by atoms with E-state index in [4.69, 9.17) is 22.1 Å². The highest BCUT2D eigenvalue weighted by Crippen LogP contribution is 2.31. The van der Waals surface area contributed by atoms with Crippen molar-refractivity contribution < 1.29 is 9.13 Å². The normalized spacial score (nSPS) is 21.1. The molecule has 1 aliphatic heterocycles. The predicted molar refractivity (Wildman–Crippen MR) is 77.7 cm³/mol. The van der Waals surface area contributed by atoms with Crippen molar-refractivity contribution in [1.29, 1.82) is 0 Å². The van der Waals surface area contributed by atoms with Crippen molar-refractivity contribution in [3.05, 3.63) is 64.4 Å². The van der Waals surface area contributed by atoms with Gasteiger partial charge in [-0.15, -0.1) is 0 Å². The van der Waals surface area contributed by atoms with Gasteiger partial charge in [-0.25, -0.2) is 4.39 Å². The van der Waals surface area contributed by atoms with Gasteiger partial charge >= 0.3 is 0 Å². The Bertz CT molecular complexity index is 646. The molecule has 0 aliphatic carbocycles. The van der Waals surface area contributed by atoms with Crippen molar-refractivity contribution >= 4 is 11.6 Å². The molecule has 0 bridgehead atoms. The van der Waals surface area contributed by atoms with E-state index in [2.05, 4.69) is 0 Å². The second-order valence-corrected chi connectivity index (χ2v) is 5.76. The number of ether oxygens (including phenoxy) is 1. The molecule has 4 heteroatoms. The first-order valence-electron chi connectivity index (χ1n) is 6.49. The summed E-state index contributed by atoms with van der Waals surface area (Å²) in [4.78, 5) is 0. The van der Waals surface area contributed by atoms with Crippen molar-refractivity contribution in [3.8, 4) is 5.75 Å². The largest absolute Gasteiger partial charge is 0.491 e. The maximum absolute atomic E-state index is 13.3. The highest BCUT2D eigenvalue weighted by Gasteiger charge is 2.32. The van der Waals surface area contributed by atoms with Crippen LogP contribution in [0.4, 0.5) is 4.39 Å². The minimum absolute atomic E-state index is 0.301. The first-order valence-corrected chi connectivity index (χ1v) is 6.87. The predicted octanol–water partition coefficient (Wildman–Crippen LogP) is 3.35. The third-order valence-corrected chi connectivity index (χ3v) is 3.95. The van der Waals surface area contributed by atoms with Crippen molar-refractivity contribution in [2.24, 2.45) is 5.73 Å². The summed E-state index contributed by atoms with van der Waals surface area (Å²) in [6, 6.07) is 12.2. The molecule has 20 heavy (non-hydrogen) atoms. The number of benzene rings is 2. The topological polar surface area (TPSA) is 35.2 Å². The summed E-state index contributed by atoms with van der Waals surface area (Å²) in [5.74, 6) is 0.573. The average Bonchev–Trinajstić information content (AvgIpc) is 2.42. The molecule has 2 aromatic rings. The van der Waals surface area contributed by atoms with Crippen molar-refractivity contribution in [1.82, 2.24) is 0 Å². The quantitative estimate of drug-likeness (QED) is 0.921. The van der Waals surface area contributed by atoms with Crippen LogP contribution < -0.4 is 10.5 Å². The smallest absolute Gasteiger partial charge is 0.123 e. The fraction of sp³-hybridized carbons (Fsp3) is 0.250. The molecule has 0 saturated carbocycles. The van der Waals surface area contributed by atoms with E-state index in [0.29, 0.717) is 24.5 Å². The van der Waals surface area contributed by atoms with E-state index in [1.807, 2.05) is 24.3 Å². The van der Waals surface area contributed by atoms with Crippen LogP contribution in [0.2, 0.25) is 5.02 Å². The molecule has 2 aromatic carbocycles. The van der Waals surface area contributed by atoms with Gasteiger partial charge in [-0.3, -0.25) is 0 Å². The van der Waals surface area contributed by atoms with Gasteiger partial charge < -0.3 is 10.5 Å². The lowest BCUT2D eigenvalue weighted by Crippen LogP contribution is -2.51. The zero-order valence-corrected chi connectivity index (χ0v) is 11.7. The van der Waals surface area contributed by atoms with Crippen LogP contribution in [-0.4, -0.2) is 12.1 Å². The molecule has 0 saturated heterocycles. The van der Waals surface area contributed by atoms with Crippen molar-refractivity contribution in [2.45, 2.75) is 18.4 Å². The first-order chi connectivity index (χ1) is 9.56. The number of hydrogen-bond acceptors (Lipinski definition) is 2. The summed E-state index contributed by atoms with van der Waals surface area (Å²) in [6.07, 6.45) is 1.17. The van der Waals surface area contributed by atoms with E-state index in [9.17, 15) is 4.39 Å². The number of rotatable bonds is 2. The minimum Gasteiger partial charge on any atom is -0.491 e. The second kappa shape index (κ2) is 5.08. The van der Waals surface area contributed by atoms with Crippen LogP contribution in [0.3, 0.4) is 0 Å². The Morgan fingerprint density at radius 3 is 2.90 bits per heavy atom. The zero-order chi connectivity index (χ0) is 14.2. The Balaban J connectivity index is 1.86. The van der Waals surface area contributed by atoms with E-state index in [1.54, 1.807) is 6.07 Å². The molecule has 0 radical (unpaired) electrons. The lowest BCUT2D eigenvalue weighted by molar-refractivity contribution is 0.190. The maximum Gasteiger partial charge on any atom is 0.123 e. The lowest BCUT2D eigenvalue weighted by atomic mass is 9.84. The van der Waals surface area contributed by atoms with Crippen LogP contribution in [0.5, 0.6) is 5.75 Å². The van der Waals surface area contributed by atoms with Crippen LogP contribution in [-0.2, 0) is 12.8 Å². The number of nitrogens with two attached hydrogens (primary N) is 1. The summed E-state index contributed by atoms with van der Waals surface area (Å²) in [7, 11) is 0. The third kappa shape index (κ3) is 2.65. The van der Waals surface area contributed by atoms with Crippen LogP contribution >= 0.6 is 11.6 Å². The molecule has 0 spiro atoms. The van der Waals surface area contributed by atoms with E-state index < -0.39 is 5.54 Å². The first kappa shape index (κ1) is 13.4. The summed E-state index contributed by atoms with van der Waals surface area (Å²) >= 11 is 6.11. The molecule has 1 unspecified atom stereocenters.